The average molecular weight is 494 g/mol. The van der Waals surface area contributed by atoms with Crippen LogP contribution in [0.15, 0.2) is 58.3 Å². The van der Waals surface area contributed by atoms with E-state index in [0.717, 1.165) is 22.2 Å². The van der Waals surface area contributed by atoms with Crippen molar-refractivity contribution in [3.63, 3.8) is 0 Å². The molecule has 1 aliphatic heterocycles. The molecule has 0 radical (unpaired) electrons. The zero-order chi connectivity index (χ0) is 21.4. The largest absolute Gasteiger partial charge is 0.338 e. The van der Waals surface area contributed by atoms with Crippen LogP contribution in [0, 0.1) is 6.92 Å². The number of carbonyl (C=O) groups excluding carboxylic acids is 2. The van der Waals surface area contributed by atoms with Gasteiger partial charge in [0.25, 0.3) is 15.9 Å². The SMILES string of the molecule is Cc1ccc(SC(NC(=O)CN2C(=O)c3ccccc3S2(=O)=O)C(Cl)(Cl)Cl)cc1. The molecule has 154 valence electrons. The highest BCUT2D eigenvalue weighted by Crippen LogP contribution is 2.39. The smallest absolute Gasteiger partial charge is 0.269 e. The van der Waals surface area contributed by atoms with Crippen LogP contribution in [0.25, 0.3) is 0 Å². The third kappa shape index (κ3) is 4.83. The molecular weight excluding hydrogens is 479 g/mol. The molecule has 0 aliphatic carbocycles. The lowest BCUT2D eigenvalue weighted by molar-refractivity contribution is -0.121. The van der Waals surface area contributed by atoms with Crippen molar-refractivity contribution < 1.29 is 18.0 Å². The summed E-state index contributed by atoms with van der Waals surface area (Å²) in [6.45, 7) is 1.20. The molecule has 1 aliphatic rings. The number of thioether (sulfide) groups is 1. The molecule has 1 atom stereocenters. The molecule has 0 bridgehead atoms. The van der Waals surface area contributed by atoms with Crippen molar-refractivity contribution in [2.45, 2.75) is 25.9 Å². The summed E-state index contributed by atoms with van der Waals surface area (Å²) in [6, 6.07) is 13.1. The van der Waals surface area contributed by atoms with Crippen molar-refractivity contribution in [3.05, 3.63) is 59.7 Å². The molecule has 2 amide bonds. The normalized spacial score (nSPS) is 16.4. The van der Waals surface area contributed by atoms with Crippen molar-refractivity contribution in [3.8, 4) is 0 Å². The Morgan fingerprint density at radius 2 is 1.76 bits per heavy atom. The van der Waals surface area contributed by atoms with E-state index in [2.05, 4.69) is 5.32 Å². The van der Waals surface area contributed by atoms with Gasteiger partial charge in [0.1, 0.15) is 16.8 Å². The van der Waals surface area contributed by atoms with Crippen LogP contribution in [0.1, 0.15) is 15.9 Å². The summed E-state index contributed by atoms with van der Waals surface area (Å²) in [5.74, 6) is -1.54. The maximum Gasteiger partial charge on any atom is 0.269 e. The Hall–Kier alpha value is -1.45. The average Bonchev–Trinajstić information content (AvgIpc) is 2.83. The quantitative estimate of drug-likeness (QED) is 0.390. The zero-order valence-corrected chi connectivity index (χ0v) is 18.8. The Balaban J connectivity index is 1.76. The van der Waals surface area contributed by atoms with Crippen LogP contribution >= 0.6 is 46.6 Å². The van der Waals surface area contributed by atoms with E-state index >= 15 is 0 Å². The summed E-state index contributed by atoms with van der Waals surface area (Å²) in [7, 11) is -4.11. The molecule has 0 fully saturated rings. The number of nitrogens with one attached hydrogen (secondary N) is 1. The standard InChI is InChI=1S/C18H15Cl3N2O4S2/c1-11-6-8-12(9-7-11)28-17(18(19,20)21)22-15(24)10-23-16(25)13-4-2-3-5-14(13)29(23,26)27/h2-9,17H,10H2,1H3,(H,22,24). The van der Waals surface area contributed by atoms with Gasteiger partial charge in [-0.25, -0.2) is 12.7 Å². The first-order chi connectivity index (χ1) is 13.5. The number of sulfonamides is 1. The van der Waals surface area contributed by atoms with Gasteiger partial charge in [-0.1, -0.05) is 76.4 Å². The maximum absolute atomic E-state index is 12.6. The van der Waals surface area contributed by atoms with Crippen molar-refractivity contribution in [1.29, 1.82) is 0 Å². The van der Waals surface area contributed by atoms with Crippen LogP contribution in [0.3, 0.4) is 0 Å². The summed E-state index contributed by atoms with van der Waals surface area (Å²) < 4.78 is 23.8. The molecule has 29 heavy (non-hydrogen) atoms. The van der Waals surface area contributed by atoms with Gasteiger partial charge in [-0.2, -0.15) is 0 Å². The lowest BCUT2D eigenvalue weighted by Crippen LogP contribution is -2.47. The number of carbonyl (C=O) groups is 2. The van der Waals surface area contributed by atoms with Gasteiger partial charge in [-0.15, -0.1) is 0 Å². The summed E-state index contributed by atoms with van der Waals surface area (Å²) >= 11 is 19.1. The first kappa shape index (κ1) is 22.2. The van der Waals surface area contributed by atoms with Crippen LogP contribution in [0.4, 0.5) is 0 Å². The second-order valence-corrected chi connectivity index (χ2v) is 11.6. The lowest BCUT2D eigenvalue weighted by Gasteiger charge is -2.26. The first-order valence-corrected chi connectivity index (χ1v) is 11.7. The third-order valence-corrected chi connectivity index (χ3v) is 8.14. The van der Waals surface area contributed by atoms with Crippen LogP contribution in [-0.2, 0) is 14.8 Å². The number of halogens is 3. The lowest BCUT2D eigenvalue weighted by atomic mass is 10.2. The van der Waals surface area contributed by atoms with Crippen molar-refractivity contribution in [2.75, 3.05) is 6.54 Å². The number of hydrogen-bond acceptors (Lipinski definition) is 5. The predicted molar refractivity (Wildman–Crippen MR) is 114 cm³/mol. The van der Waals surface area contributed by atoms with Crippen LogP contribution in [0.5, 0.6) is 0 Å². The van der Waals surface area contributed by atoms with Crippen LogP contribution in [-0.4, -0.2) is 40.2 Å². The van der Waals surface area contributed by atoms with Gasteiger partial charge in [-0.05, 0) is 31.2 Å². The van der Waals surface area contributed by atoms with E-state index < -0.39 is 37.5 Å². The van der Waals surface area contributed by atoms with E-state index in [9.17, 15) is 18.0 Å². The molecule has 1 heterocycles. The van der Waals surface area contributed by atoms with Crippen molar-refractivity contribution in [2.24, 2.45) is 0 Å². The number of aryl methyl sites for hydroxylation is 1. The van der Waals surface area contributed by atoms with E-state index in [1.54, 1.807) is 18.2 Å². The molecule has 2 aromatic carbocycles. The Morgan fingerprint density at radius 3 is 2.34 bits per heavy atom. The molecule has 11 heteroatoms. The van der Waals surface area contributed by atoms with Gasteiger partial charge >= 0.3 is 0 Å². The van der Waals surface area contributed by atoms with E-state index in [1.807, 2.05) is 19.1 Å². The number of benzene rings is 2. The van der Waals surface area contributed by atoms with Gasteiger partial charge in [-0.3, -0.25) is 9.59 Å². The zero-order valence-electron chi connectivity index (χ0n) is 14.9. The van der Waals surface area contributed by atoms with Gasteiger partial charge < -0.3 is 5.32 Å². The second-order valence-electron chi connectivity index (χ2n) is 6.23. The summed E-state index contributed by atoms with van der Waals surface area (Å²) in [5.41, 5.74) is 1.06. The van der Waals surface area contributed by atoms with Gasteiger partial charge in [0.2, 0.25) is 9.70 Å². The molecule has 2 aromatic rings. The topological polar surface area (TPSA) is 83.6 Å². The minimum absolute atomic E-state index is 0.0206. The number of nitrogens with zero attached hydrogens (tertiary/aromatic N) is 1. The molecule has 1 N–H and O–H groups in total. The fraction of sp³-hybridized carbons (Fsp3) is 0.222. The van der Waals surface area contributed by atoms with Crippen LogP contribution in [0.2, 0.25) is 0 Å². The van der Waals surface area contributed by atoms with Crippen molar-refractivity contribution >= 4 is 68.4 Å². The van der Waals surface area contributed by atoms with Gasteiger partial charge in [0, 0.05) is 4.90 Å². The predicted octanol–water partition coefficient (Wildman–Crippen LogP) is 3.74. The van der Waals surface area contributed by atoms with Gasteiger partial charge in [0.05, 0.1) is 5.56 Å². The fourth-order valence-electron chi connectivity index (χ4n) is 2.64. The monoisotopic (exact) mass is 492 g/mol. The molecular formula is C18H15Cl3N2O4S2. The number of rotatable bonds is 5. The highest BCUT2D eigenvalue weighted by atomic mass is 35.6. The Morgan fingerprint density at radius 1 is 1.14 bits per heavy atom. The fourth-order valence-corrected chi connectivity index (χ4v) is 5.62. The molecule has 0 saturated heterocycles. The third-order valence-electron chi connectivity index (χ3n) is 4.06. The highest BCUT2D eigenvalue weighted by Gasteiger charge is 2.43. The molecule has 0 saturated carbocycles. The summed E-state index contributed by atoms with van der Waals surface area (Å²) in [5, 5.41) is 1.49. The summed E-state index contributed by atoms with van der Waals surface area (Å²) in [6.07, 6.45) is 0. The Labute approximate surface area is 187 Å². The van der Waals surface area contributed by atoms with E-state index in [0.29, 0.717) is 4.31 Å². The number of fused-ring (bicyclic) bond motifs is 1. The van der Waals surface area contributed by atoms with Crippen LogP contribution < -0.4 is 5.32 Å². The minimum atomic E-state index is -4.11. The number of alkyl halides is 3. The van der Waals surface area contributed by atoms with E-state index in [4.69, 9.17) is 34.8 Å². The van der Waals surface area contributed by atoms with Gasteiger partial charge in [0.15, 0.2) is 0 Å². The van der Waals surface area contributed by atoms with E-state index in [1.165, 1.54) is 18.2 Å². The number of amides is 2. The molecule has 1 unspecified atom stereocenters. The highest BCUT2D eigenvalue weighted by molar-refractivity contribution is 8.00. The molecule has 3 rings (SSSR count). The van der Waals surface area contributed by atoms with Crippen molar-refractivity contribution in [1.82, 2.24) is 9.62 Å². The first-order valence-electron chi connectivity index (χ1n) is 8.25. The minimum Gasteiger partial charge on any atom is -0.338 e. The Bertz CT molecular complexity index is 1050. The molecule has 0 spiro atoms. The summed E-state index contributed by atoms with van der Waals surface area (Å²) in [4.78, 5) is 25.6. The molecule has 0 aromatic heterocycles. The maximum atomic E-state index is 12.6. The van der Waals surface area contributed by atoms with E-state index in [-0.39, 0.29) is 10.5 Å². The Kier molecular flexibility index (Phi) is 6.41. The molecule has 6 nitrogen and oxygen atoms in total. The second kappa shape index (κ2) is 8.35. The number of hydrogen-bond donors (Lipinski definition) is 1.